The number of nitrogens with zero attached hydrogens (tertiary/aromatic N) is 1. The van der Waals surface area contributed by atoms with Gasteiger partial charge in [0.1, 0.15) is 5.82 Å². The Morgan fingerprint density at radius 2 is 2.11 bits per heavy atom. The molecule has 18 heavy (non-hydrogen) atoms. The zero-order chi connectivity index (χ0) is 13.7. The summed E-state index contributed by atoms with van der Waals surface area (Å²) in [5.41, 5.74) is 1.06. The van der Waals surface area contributed by atoms with Crippen LogP contribution in [0, 0.1) is 12.7 Å². The van der Waals surface area contributed by atoms with Crippen molar-refractivity contribution in [2.75, 3.05) is 11.9 Å². The molecule has 0 heterocycles. The fourth-order valence-corrected chi connectivity index (χ4v) is 2.03. The third-order valence-electron chi connectivity index (χ3n) is 2.77. The molecule has 0 saturated heterocycles. The standard InChI is InChI=1S/C14H19BrFNO/c1-10(2)17(8-4-7-15)14(18)12-9-11(3)5-6-13(12)16/h5-6,9-10H,4,7-8H2,1-3H3. The number of alkyl halides is 1. The highest BCUT2D eigenvalue weighted by Crippen LogP contribution is 2.15. The minimum Gasteiger partial charge on any atom is -0.336 e. The number of amides is 1. The van der Waals surface area contributed by atoms with Gasteiger partial charge in [0.2, 0.25) is 0 Å². The molecule has 0 aromatic heterocycles. The quantitative estimate of drug-likeness (QED) is 0.757. The van der Waals surface area contributed by atoms with E-state index in [1.54, 1.807) is 17.0 Å². The average Bonchev–Trinajstić information content (AvgIpc) is 2.32. The van der Waals surface area contributed by atoms with Gasteiger partial charge in [0, 0.05) is 17.9 Å². The minimum absolute atomic E-state index is 0.0662. The normalized spacial score (nSPS) is 10.8. The van der Waals surface area contributed by atoms with E-state index < -0.39 is 5.82 Å². The number of benzene rings is 1. The van der Waals surface area contributed by atoms with Crippen molar-refractivity contribution in [2.24, 2.45) is 0 Å². The van der Waals surface area contributed by atoms with Crippen LogP contribution in [0.1, 0.15) is 36.2 Å². The predicted octanol–water partition coefficient (Wildman–Crippen LogP) is 3.77. The number of halogens is 2. The molecule has 0 aliphatic carbocycles. The lowest BCUT2D eigenvalue weighted by molar-refractivity contribution is 0.0702. The second-order valence-electron chi connectivity index (χ2n) is 4.62. The predicted molar refractivity (Wildman–Crippen MR) is 75.7 cm³/mol. The summed E-state index contributed by atoms with van der Waals surface area (Å²) in [4.78, 5) is 14.0. The molecule has 0 saturated carbocycles. The summed E-state index contributed by atoms with van der Waals surface area (Å²) in [6.07, 6.45) is 0.858. The van der Waals surface area contributed by atoms with Gasteiger partial charge >= 0.3 is 0 Å². The summed E-state index contributed by atoms with van der Waals surface area (Å²) in [5.74, 6) is -0.678. The van der Waals surface area contributed by atoms with Crippen LogP contribution < -0.4 is 0 Å². The zero-order valence-electron chi connectivity index (χ0n) is 11.0. The fourth-order valence-electron chi connectivity index (χ4n) is 1.78. The Kier molecular flexibility index (Phi) is 5.79. The molecule has 100 valence electrons. The summed E-state index contributed by atoms with van der Waals surface area (Å²) in [6, 6.07) is 4.70. The molecule has 0 spiro atoms. The van der Waals surface area contributed by atoms with Crippen LogP contribution in [0.25, 0.3) is 0 Å². The third kappa shape index (κ3) is 3.80. The minimum atomic E-state index is -0.449. The number of aryl methyl sites for hydroxylation is 1. The highest BCUT2D eigenvalue weighted by Gasteiger charge is 2.21. The van der Waals surface area contributed by atoms with E-state index in [4.69, 9.17) is 0 Å². The largest absolute Gasteiger partial charge is 0.336 e. The van der Waals surface area contributed by atoms with E-state index in [-0.39, 0.29) is 17.5 Å². The topological polar surface area (TPSA) is 20.3 Å². The molecule has 0 radical (unpaired) electrons. The molecule has 0 N–H and O–H groups in total. The second kappa shape index (κ2) is 6.88. The van der Waals surface area contributed by atoms with E-state index in [9.17, 15) is 9.18 Å². The summed E-state index contributed by atoms with van der Waals surface area (Å²) in [6.45, 7) is 6.38. The Morgan fingerprint density at radius 1 is 1.44 bits per heavy atom. The number of carbonyl (C=O) groups excluding carboxylic acids is 1. The highest BCUT2D eigenvalue weighted by atomic mass is 79.9. The molecule has 0 aliphatic rings. The van der Waals surface area contributed by atoms with Gasteiger partial charge in [-0.15, -0.1) is 0 Å². The van der Waals surface area contributed by atoms with E-state index in [1.165, 1.54) is 6.07 Å². The van der Waals surface area contributed by atoms with Crippen LogP contribution in [-0.2, 0) is 0 Å². The Hall–Kier alpha value is -0.900. The lowest BCUT2D eigenvalue weighted by atomic mass is 10.1. The number of carbonyl (C=O) groups is 1. The van der Waals surface area contributed by atoms with Gasteiger partial charge in [0.25, 0.3) is 5.91 Å². The van der Waals surface area contributed by atoms with Gasteiger partial charge in [-0.3, -0.25) is 4.79 Å². The monoisotopic (exact) mass is 315 g/mol. The van der Waals surface area contributed by atoms with E-state index in [2.05, 4.69) is 15.9 Å². The molecule has 2 nitrogen and oxygen atoms in total. The summed E-state index contributed by atoms with van der Waals surface area (Å²) in [7, 11) is 0. The van der Waals surface area contributed by atoms with Crippen LogP contribution in [-0.4, -0.2) is 28.7 Å². The van der Waals surface area contributed by atoms with Gasteiger partial charge in [-0.25, -0.2) is 4.39 Å². The SMILES string of the molecule is Cc1ccc(F)c(C(=O)N(CCCBr)C(C)C)c1. The molecule has 0 atom stereocenters. The van der Waals surface area contributed by atoms with E-state index >= 15 is 0 Å². The van der Waals surface area contributed by atoms with Crippen molar-refractivity contribution in [3.63, 3.8) is 0 Å². The fraction of sp³-hybridized carbons (Fsp3) is 0.500. The van der Waals surface area contributed by atoms with Crippen molar-refractivity contribution in [2.45, 2.75) is 33.2 Å². The second-order valence-corrected chi connectivity index (χ2v) is 5.41. The van der Waals surface area contributed by atoms with Crippen molar-refractivity contribution in [1.82, 2.24) is 4.90 Å². The molecule has 0 fully saturated rings. The van der Waals surface area contributed by atoms with Crippen molar-refractivity contribution in [3.05, 3.63) is 35.1 Å². The molecule has 0 aliphatic heterocycles. The Bertz CT molecular complexity index is 420. The highest BCUT2D eigenvalue weighted by molar-refractivity contribution is 9.09. The first-order chi connectivity index (χ1) is 8.47. The number of hydrogen-bond acceptors (Lipinski definition) is 1. The summed E-state index contributed by atoms with van der Waals surface area (Å²) < 4.78 is 13.7. The van der Waals surface area contributed by atoms with Crippen LogP contribution in [0.15, 0.2) is 18.2 Å². The maximum Gasteiger partial charge on any atom is 0.257 e. The lowest BCUT2D eigenvalue weighted by Crippen LogP contribution is -2.38. The molecule has 4 heteroatoms. The Labute approximate surface area is 116 Å². The first-order valence-electron chi connectivity index (χ1n) is 6.10. The molecule has 1 aromatic rings. The van der Waals surface area contributed by atoms with Gasteiger partial charge in [-0.1, -0.05) is 27.6 Å². The molecule has 0 bridgehead atoms. The van der Waals surface area contributed by atoms with E-state index in [1.807, 2.05) is 20.8 Å². The van der Waals surface area contributed by atoms with Crippen LogP contribution in [0.5, 0.6) is 0 Å². The van der Waals surface area contributed by atoms with Crippen molar-refractivity contribution in [1.29, 1.82) is 0 Å². The van der Waals surface area contributed by atoms with Crippen molar-refractivity contribution >= 4 is 21.8 Å². The van der Waals surface area contributed by atoms with Crippen LogP contribution in [0.2, 0.25) is 0 Å². The molecule has 1 amide bonds. The van der Waals surface area contributed by atoms with Gasteiger partial charge in [0.15, 0.2) is 0 Å². The smallest absolute Gasteiger partial charge is 0.257 e. The van der Waals surface area contributed by atoms with Gasteiger partial charge in [-0.05, 0) is 39.3 Å². The lowest BCUT2D eigenvalue weighted by Gasteiger charge is -2.27. The number of hydrogen-bond donors (Lipinski definition) is 0. The molecular formula is C14H19BrFNO. The average molecular weight is 316 g/mol. The van der Waals surface area contributed by atoms with E-state index in [0.717, 1.165) is 17.3 Å². The number of rotatable bonds is 5. The van der Waals surface area contributed by atoms with Gasteiger partial charge < -0.3 is 4.90 Å². The Balaban J connectivity index is 2.98. The summed E-state index contributed by atoms with van der Waals surface area (Å²) in [5, 5.41) is 0.833. The third-order valence-corrected chi connectivity index (χ3v) is 3.33. The van der Waals surface area contributed by atoms with Gasteiger partial charge in [0.05, 0.1) is 5.56 Å². The molecule has 0 unspecified atom stereocenters. The first kappa shape index (κ1) is 15.2. The van der Waals surface area contributed by atoms with Crippen LogP contribution in [0.4, 0.5) is 4.39 Å². The van der Waals surface area contributed by atoms with Crippen molar-refractivity contribution < 1.29 is 9.18 Å². The van der Waals surface area contributed by atoms with Crippen LogP contribution >= 0.6 is 15.9 Å². The van der Waals surface area contributed by atoms with E-state index in [0.29, 0.717) is 6.54 Å². The summed E-state index contributed by atoms with van der Waals surface area (Å²) >= 11 is 3.35. The maximum atomic E-state index is 13.7. The molecular weight excluding hydrogens is 297 g/mol. The first-order valence-corrected chi connectivity index (χ1v) is 7.22. The molecule has 1 rings (SSSR count). The van der Waals surface area contributed by atoms with Crippen LogP contribution in [0.3, 0.4) is 0 Å². The Morgan fingerprint density at radius 3 is 2.67 bits per heavy atom. The van der Waals surface area contributed by atoms with Gasteiger partial charge in [-0.2, -0.15) is 0 Å². The molecule has 1 aromatic carbocycles. The zero-order valence-corrected chi connectivity index (χ0v) is 12.6. The maximum absolute atomic E-state index is 13.7. The van der Waals surface area contributed by atoms with Crippen molar-refractivity contribution in [3.8, 4) is 0 Å².